The molecule has 0 fully saturated rings. The van der Waals surface area contributed by atoms with Crippen molar-refractivity contribution in [2.45, 2.75) is 25.9 Å². The van der Waals surface area contributed by atoms with Gasteiger partial charge in [0.25, 0.3) is 0 Å². The van der Waals surface area contributed by atoms with Crippen molar-refractivity contribution in [1.82, 2.24) is 15.1 Å². The molecule has 1 aromatic rings. The van der Waals surface area contributed by atoms with E-state index in [1.54, 1.807) is 10.9 Å². The van der Waals surface area contributed by atoms with Crippen LogP contribution in [0.1, 0.15) is 18.9 Å². The second-order valence-corrected chi connectivity index (χ2v) is 3.32. The zero-order chi connectivity index (χ0) is 10.4. The van der Waals surface area contributed by atoms with E-state index in [0.29, 0.717) is 6.04 Å². The molecule has 76 valence electrons. The van der Waals surface area contributed by atoms with E-state index in [0.717, 1.165) is 13.0 Å². The molecule has 0 aromatic carbocycles. The highest BCUT2D eigenvalue weighted by molar-refractivity contribution is 5.17. The maximum Gasteiger partial charge on any atom is 0.0538 e. The van der Waals surface area contributed by atoms with Gasteiger partial charge >= 0.3 is 0 Å². The monoisotopic (exact) mass is 191 g/mol. The third kappa shape index (κ3) is 3.18. The maximum atomic E-state index is 4.10. The Kier molecular flexibility index (Phi) is 4.13. The topological polar surface area (TPSA) is 29.9 Å². The second kappa shape index (κ2) is 5.40. The summed E-state index contributed by atoms with van der Waals surface area (Å²) < 4.78 is 1.70. The molecule has 1 rings (SSSR count). The Bertz CT molecular complexity index is 301. The van der Waals surface area contributed by atoms with Crippen LogP contribution in [0.3, 0.4) is 0 Å². The molecule has 3 heteroatoms. The molecule has 1 atom stereocenters. The number of nitrogens with zero attached hydrogens (tertiary/aromatic N) is 2. The fraction of sp³-hybridized carbons (Fsp3) is 0.364. The minimum Gasteiger partial charge on any atom is -0.310 e. The summed E-state index contributed by atoms with van der Waals surface area (Å²) in [5.74, 6) is 0. The summed E-state index contributed by atoms with van der Waals surface area (Å²) in [6.45, 7) is 10.3. The standard InChI is InChI=1S/C11H17N3/c1-4-6-10(3)12-7-11-8-13-14(5-2)9-11/h4-5,8-10,12H,1-2,6-7H2,3H3. The highest BCUT2D eigenvalue weighted by Crippen LogP contribution is 1.99. The molecule has 0 saturated carbocycles. The Balaban J connectivity index is 2.37. The molecule has 1 heterocycles. The lowest BCUT2D eigenvalue weighted by atomic mass is 10.2. The molecule has 0 bridgehead atoms. The second-order valence-electron chi connectivity index (χ2n) is 3.32. The van der Waals surface area contributed by atoms with E-state index in [1.165, 1.54) is 5.56 Å². The molecule has 0 radical (unpaired) electrons. The highest BCUT2D eigenvalue weighted by atomic mass is 15.2. The Morgan fingerprint density at radius 1 is 1.64 bits per heavy atom. The van der Waals surface area contributed by atoms with Crippen molar-refractivity contribution in [3.8, 4) is 0 Å². The maximum absolute atomic E-state index is 4.10. The third-order valence-electron chi connectivity index (χ3n) is 2.02. The van der Waals surface area contributed by atoms with Crippen molar-refractivity contribution in [2.24, 2.45) is 0 Å². The Morgan fingerprint density at radius 2 is 2.43 bits per heavy atom. The van der Waals surface area contributed by atoms with E-state index in [1.807, 2.05) is 18.5 Å². The van der Waals surface area contributed by atoms with Crippen LogP contribution in [0.15, 0.2) is 31.6 Å². The zero-order valence-electron chi connectivity index (χ0n) is 8.61. The van der Waals surface area contributed by atoms with Gasteiger partial charge in [-0.25, -0.2) is 4.68 Å². The third-order valence-corrected chi connectivity index (χ3v) is 2.02. The van der Waals surface area contributed by atoms with E-state index < -0.39 is 0 Å². The van der Waals surface area contributed by atoms with Crippen LogP contribution >= 0.6 is 0 Å². The Labute approximate surface area is 85.1 Å². The van der Waals surface area contributed by atoms with Crippen molar-refractivity contribution in [1.29, 1.82) is 0 Å². The van der Waals surface area contributed by atoms with Gasteiger partial charge in [0.2, 0.25) is 0 Å². The molecule has 0 aliphatic heterocycles. The van der Waals surface area contributed by atoms with E-state index in [-0.39, 0.29) is 0 Å². The zero-order valence-corrected chi connectivity index (χ0v) is 8.61. The van der Waals surface area contributed by atoms with Crippen molar-refractivity contribution in [2.75, 3.05) is 0 Å². The van der Waals surface area contributed by atoms with E-state index >= 15 is 0 Å². The highest BCUT2D eigenvalue weighted by Gasteiger charge is 2.00. The first-order valence-corrected chi connectivity index (χ1v) is 4.76. The molecule has 3 nitrogen and oxygen atoms in total. The SMILES string of the molecule is C=CCC(C)NCc1cnn(C=C)c1. The molecule has 0 amide bonds. The molecule has 0 aliphatic rings. The van der Waals surface area contributed by atoms with Crippen LogP contribution in [0.4, 0.5) is 0 Å². The van der Waals surface area contributed by atoms with E-state index in [4.69, 9.17) is 0 Å². The van der Waals surface area contributed by atoms with E-state index in [2.05, 4.69) is 30.5 Å². The van der Waals surface area contributed by atoms with Crippen LogP contribution in [0.25, 0.3) is 6.20 Å². The van der Waals surface area contributed by atoms with Crippen molar-refractivity contribution in [3.63, 3.8) is 0 Å². The van der Waals surface area contributed by atoms with Gasteiger partial charge in [-0.05, 0) is 13.3 Å². The number of aromatic nitrogens is 2. The molecule has 1 N–H and O–H groups in total. The summed E-state index contributed by atoms with van der Waals surface area (Å²) >= 11 is 0. The van der Waals surface area contributed by atoms with Crippen LogP contribution < -0.4 is 5.32 Å². The predicted octanol–water partition coefficient (Wildman–Crippen LogP) is 2.04. The molecule has 1 unspecified atom stereocenters. The first-order valence-electron chi connectivity index (χ1n) is 4.76. The molecule has 14 heavy (non-hydrogen) atoms. The summed E-state index contributed by atoms with van der Waals surface area (Å²) in [5.41, 5.74) is 1.17. The lowest BCUT2D eigenvalue weighted by molar-refractivity contribution is 0.554. The van der Waals surface area contributed by atoms with Crippen LogP contribution in [0.2, 0.25) is 0 Å². The quantitative estimate of drug-likeness (QED) is 0.697. The first kappa shape index (κ1) is 10.7. The molecule has 0 saturated heterocycles. The van der Waals surface area contributed by atoms with Gasteiger partial charge < -0.3 is 5.32 Å². The Hall–Kier alpha value is -1.35. The average molecular weight is 191 g/mol. The van der Waals surface area contributed by atoms with Gasteiger partial charge in [-0.2, -0.15) is 5.10 Å². The predicted molar refractivity (Wildman–Crippen MR) is 59.7 cm³/mol. The normalized spacial score (nSPS) is 12.4. The first-order chi connectivity index (χ1) is 6.76. The number of hydrogen-bond acceptors (Lipinski definition) is 2. The van der Waals surface area contributed by atoms with Crippen molar-refractivity contribution < 1.29 is 0 Å². The molecule has 0 aliphatic carbocycles. The van der Waals surface area contributed by atoms with E-state index in [9.17, 15) is 0 Å². The summed E-state index contributed by atoms with van der Waals surface area (Å²) in [6, 6.07) is 0.458. The van der Waals surface area contributed by atoms with Crippen LogP contribution in [0, 0.1) is 0 Å². The summed E-state index contributed by atoms with van der Waals surface area (Å²) in [6.07, 6.45) is 8.38. The van der Waals surface area contributed by atoms with Gasteiger partial charge in [0.05, 0.1) is 6.20 Å². The van der Waals surface area contributed by atoms with Gasteiger partial charge in [-0.3, -0.25) is 0 Å². The average Bonchev–Trinajstić information content (AvgIpc) is 2.63. The minimum atomic E-state index is 0.458. The molecular weight excluding hydrogens is 174 g/mol. The fourth-order valence-corrected chi connectivity index (χ4v) is 1.19. The molecule has 0 spiro atoms. The van der Waals surface area contributed by atoms with Gasteiger partial charge in [0.15, 0.2) is 0 Å². The lowest BCUT2D eigenvalue weighted by Gasteiger charge is -2.09. The summed E-state index contributed by atoms with van der Waals surface area (Å²) in [4.78, 5) is 0. The van der Waals surface area contributed by atoms with Gasteiger partial charge in [0, 0.05) is 30.5 Å². The van der Waals surface area contributed by atoms with Crippen molar-refractivity contribution in [3.05, 3.63) is 37.2 Å². The van der Waals surface area contributed by atoms with Crippen LogP contribution in [-0.4, -0.2) is 15.8 Å². The Morgan fingerprint density at radius 3 is 3.00 bits per heavy atom. The number of rotatable bonds is 6. The van der Waals surface area contributed by atoms with Crippen LogP contribution in [0.5, 0.6) is 0 Å². The number of nitrogens with one attached hydrogen (secondary N) is 1. The molecular formula is C11H17N3. The van der Waals surface area contributed by atoms with Gasteiger partial charge in [-0.15, -0.1) is 6.58 Å². The van der Waals surface area contributed by atoms with Gasteiger partial charge in [-0.1, -0.05) is 12.7 Å². The number of hydrogen-bond donors (Lipinski definition) is 1. The fourth-order valence-electron chi connectivity index (χ4n) is 1.19. The minimum absolute atomic E-state index is 0.458. The summed E-state index contributed by atoms with van der Waals surface area (Å²) in [5, 5.41) is 7.48. The smallest absolute Gasteiger partial charge is 0.0538 e. The van der Waals surface area contributed by atoms with Crippen molar-refractivity contribution >= 4 is 6.20 Å². The molecule has 1 aromatic heterocycles. The lowest BCUT2D eigenvalue weighted by Crippen LogP contribution is -2.24. The van der Waals surface area contributed by atoms with Gasteiger partial charge in [0.1, 0.15) is 0 Å². The largest absolute Gasteiger partial charge is 0.310 e. The van der Waals surface area contributed by atoms with Crippen LogP contribution in [-0.2, 0) is 6.54 Å². The summed E-state index contributed by atoms with van der Waals surface area (Å²) in [7, 11) is 0.